The number of hydrogen-bond donors (Lipinski definition) is 0. The van der Waals surface area contributed by atoms with Crippen molar-refractivity contribution < 1.29 is 38.4 Å². The fourth-order valence-electron chi connectivity index (χ4n) is 19.1. The Morgan fingerprint density at radius 1 is 0.235 bits per heavy atom. The molecule has 0 atom stereocenters. The fraction of sp³-hybridized carbons (Fsp3) is 0. The van der Waals surface area contributed by atoms with Gasteiger partial charge in [-0.05, 0) is 0 Å². The monoisotopic (exact) mass is 2240 g/mol. The number of benzene rings is 17. The van der Waals surface area contributed by atoms with Gasteiger partial charge in [-0.3, -0.25) is 0 Å². The zero-order valence-corrected chi connectivity index (χ0v) is 87.7. The zero-order chi connectivity index (χ0) is 102. The summed E-state index contributed by atoms with van der Waals surface area (Å²) in [5.74, 6) is -1.63. The molecule has 21 heteroatoms. The third-order valence-electron chi connectivity index (χ3n) is 26.2. The van der Waals surface area contributed by atoms with E-state index in [2.05, 4.69) is 90.0 Å². The van der Waals surface area contributed by atoms with Crippen LogP contribution in [0, 0.1) is 13.1 Å². The number of carbonyl (C=O) groups excluding carboxylic acids is 8. The molecule has 4 aliphatic carbocycles. The summed E-state index contributed by atoms with van der Waals surface area (Å²) in [4.78, 5) is 122. The van der Waals surface area contributed by atoms with Crippen LogP contribution in [0.5, 0.6) is 0 Å². The van der Waals surface area contributed by atoms with Crippen LogP contribution in [0.2, 0.25) is 10.0 Å². The van der Waals surface area contributed by atoms with Gasteiger partial charge >= 0.3 is 902 Å². The van der Waals surface area contributed by atoms with Crippen molar-refractivity contribution in [1.82, 2.24) is 0 Å². The molecule has 0 amide bonds. The van der Waals surface area contributed by atoms with Crippen molar-refractivity contribution in [3.05, 3.63) is 542 Å². The first-order valence-electron chi connectivity index (χ1n) is 47.3. The van der Waals surface area contributed by atoms with Gasteiger partial charge in [0.2, 0.25) is 0 Å². The Balaban J connectivity index is 0.000000109. The molecular weight excluding hydrogens is 2170 g/mol. The second-order valence-corrected chi connectivity index (χ2v) is 46.5. The van der Waals surface area contributed by atoms with Crippen LogP contribution in [-0.2, 0) is 0 Å². The third-order valence-corrected chi connectivity index (χ3v) is 36.4. The van der Waals surface area contributed by atoms with Gasteiger partial charge in [0.1, 0.15) is 0 Å². The van der Waals surface area contributed by atoms with Gasteiger partial charge in [-0.1, -0.05) is 0 Å². The van der Waals surface area contributed by atoms with Crippen LogP contribution in [0.4, 0.5) is 74.4 Å². The van der Waals surface area contributed by atoms with Crippen LogP contribution in [0.25, 0.3) is 97.9 Å². The van der Waals surface area contributed by atoms with Gasteiger partial charge in [0.25, 0.3) is 0 Å². The topological polar surface area (TPSA) is 158 Å². The zero-order valence-electron chi connectivity index (χ0n) is 78.5. The molecule has 5 aromatic heterocycles. The summed E-state index contributed by atoms with van der Waals surface area (Å²) in [6.45, 7) is 14.6. The molecule has 5 heterocycles. The van der Waals surface area contributed by atoms with Crippen molar-refractivity contribution >= 4 is 302 Å². The molecule has 0 bridgehead atoms. The molecule has 26 rings (SSSR count). The third kappa shape index (κ3) is 18.9. The van der Waals surface area contributed by atoms with E-state index in [9.17, 15) is 38.4 Å². The Morgan fingerprint density at radius 3 is 0.893 bits per heavy atom. The minimum atomic E-state index is -0.216. The van der Waals surface area contributed by atoms with Crippen LogP contribution >= 0.6 is 34.5 Å². The number of carbonyl (C=O) groups is 8. The van der Waals surface area contributed by atoms with Crippen LogP contribution in [-0.4, -0.2) is 104 Å². The van der Waals surface area contributed by atoms with Crippen molar-refractivity contribution in [2.75, 3.05) is 19.6 Å². The van der Waals surface area contributed by atoms with Crippen molar-refractivity contribution in [3.63, 3.8) is 0 Å². The van der Waals surface area contributed by atoms with E-state index >= 15 is 0 Å². The molecule has 0 radical (unpaired) electrons. The molecule has 708 valence electrons. The molecule has 0 N–H and O–H groups in total. The number of para-hydroxylation sites is 3. The van der Waals surface area contributed by atoms with Crippen LogP contribution in [0.1, 0.15) is 101 Å². The quantitative estimate of drug-likeness (QED) is 0.0391. The van der Waals surface area contributed by atoms with E-state index in [0.717, 1.165) is 130 Å². The summed E-state index contributed by atoms with van der Waals surface area (Å²) in [7, 11) is 0. The van der Waals surface area contributed by atoms with E-state index in [1.807, 2.05) is 364 Å². The van der Waals surface area contributed by atoms with Gasteiger partial charge in [0, 0.05) is 0 Å². The number of ketones is 8. The number of nitrogens with zero attached hydrogens (tertiary/aromatic N) is 6. The molecule has 22 aromatic rings. The van der Waals surface area contributed by atoms with Crippen molar-refractivity contribution in [2.45, 2.75) is 0 Å². The van der Waals surface area contributed by atoms with Crippen LogP contribution in [0.3, 0.4) is 0 Å². The maximum atomic E-state index is 13.3. The van der Waals surface area contributed by atoms with Crippen molar-refractivity contribution in [1.29, 1.82) is 0 Å². The van der Waals surface area contributed by atoms with Crippen LogP contribution in [0.15, 0.2) is 447 Å². The maximum absolute atomic E-state index is 13.3. The van der Waals surface area contributed by atoms with Gasteiger partial charge in [-0.2, -0.15) is 0 Å². The summed E-state index contributed by atoms with van der Waals surface area (Å²) >= 11 is 14.2. The average molecular weight is 2240 g/mol. The molecule has 0 saturated carbocycles. The Labute approximate surface area is 893 Å². The molecule has 0 fully saturated rings. The predicted molar refractivity (Wildman–Crippen MR) is 610 cm³/mol. The molecule has 0 spiro atoms. The van der Waals surface area contributed by atoms with E-state index in [4.69, 9.17) is 36.3 Å². The first kappa shape index (κ1) is 95.6. The minimum absolute atomic E-state index is 0.0704. The molecule has 0 aliphatic heterocycles. The predicted octanol–water partition coefficient (Wildman–Crippen LogP) is 32.1. The van der Waals surface area contributed by atoms with Crippen LogP contribution < -0.4 is 19.6 Å². The van der Waals surface area contributed by atoms with Gasteiger partial charge < -0.3 is 0 Å². The number of halogens is 2. The summed E-state index contributed by atoms with van der Waals surface area (Å²) in [5.41, 5.74) is 12.8. The van der Waals surface area contributed by atoms with Crippen molar-refractivity contribution in [2.24, 2.45) is 0 Å². The van der Waals surface area contributed by atoms with Gasteiger partial charge in [0.15, 0.2) is 0 Å². The molecule has 17 aromatic carbocycles. The summed E-state index contributed by atoms with van der Waals surface area (Å²) in [6, 6.07) is 138. The SMILES string of the molecule is O=C1C(=Cc2ccc(N(c3cccc(Cl)c3)c3ccc(Cl)c4ccccc34)[se]2)C(=O)c2cc3ccccc3cc21.O=C1C(=Cc2ccc(N(c3ccccc3)c3cc4ccccc4s3)[se]2)C(=O)c2cc3ccccc3cc21.[C-]#[N+]c1ccc(N(c2ccccc2)c2ccc(C=C3C(=O)c4cc5ccccc5cc4C3=O)[se]2)cc1.[C-]#[N+]c1cccc(N(c2ccccc2)c2ccc(C=C3C(=O)c4cc5ccccc5cc4C3=O)[se]2)c1. The number of allylic oxidation sites excluding steroid dienone is 4. The molecule has 14 nitrogen and oxygen atoms in total. The molecule has 0 unspecified atom stereocenters. The molecule has 149 heavy (non-hydrogen) atoms. The Hall–Kier alpha value is -16.9. The molecule has 4 aliphatic rings. The normalized spacial score (nSPS) is 12.7. The van der Waals surface area contributed by atoms with Crippen molar-refractivity contribution in [3.8, 4) is 0 Å². The van der Waals surface area contributed by atoms with Gasteiger partial charge in [-0.15, -0.1) is 0 Å². The molecular formula is C128H74Cl2N6O8SSe4. The Kier molecular flexibility index (Phi) is 26.4. The second-order valence-electron chi connectivity index (χ2n) is 35.4. The number of thiophene rings is 1. The number of hydrogen-bond acceptors (Lipinski definition) is 13. The summed E-state index contributed by atoms with van der Waals surface area (Å²) in [5, 5.41) is 13.3. The first-order chi connectivity index (χ1) is 72.9. The van der Waals surface area contributed by atoms with E-state index in [1.165, 1.54) is 14.6 Å². The Bertz CT molecular complexity index is 9320. The van der Waals surface area contributed by atoms with Gasteiger partial charge in [0.05, 0.1) is 0 Å². The Morgan fingerprint density at radius 2 is 0.530 bits per heavy atom. The fourth-order valence-corrected chi connectivity index (χ4v) is 29.0. The van der Waals surface area contributed by atoms with Gasteiger partial charge in [-0.25, -0.2) is 0 Å². The van der Waals surface area contributed by atoms with E-state index in [1.54, 1.807) is 35.6 Å². The first-order valence-corrected chi connectivity index (χ1v) is 55.8. The number of fused-ring (bicyclic) bond motifs is 10. The second kappa shape index (κ2) is 41.2. The number of Topliss-reactive ketones (excluding diaryl/α,β-unsaturated/α-hetero) is 8. The standard InChI is InChI=1S/C34H19Cl2NO2Se.C32H19NO2SSe.2C31H18N2O2Se/c35-22-8-5-9-23(18-22)37(31-14-13-30(36)25-10-3-4-11-26(25)31)32-15-12-24(40-32)19-29-33(38)27-16-20-6-1-2-7-21(20)17-28(27)34(29)39;34-31-25-16-20-8-4-5-9-21(20)17-26(25)32(35)27(31)19-24-14-15-30(37-24)33(23-11-2-1-3-12-23)29-18-22-10-6-7-13-28(22)36-29;1-32-22-10-7-13-24(18-22)33(23-11-3-2-4-12-23)29-15-14-25(36-29)19-28-30(34)26-16-20-8-5-6-9-21(20)17-27(26)31(28)35;1-32-22-11-13-24(14-12-22)33(23-9-3-2-4-10-23)29-16-15-25(36-29)19-28-30(34)26-17-20-7-5-6-8-21(20)18-27(26)31(28)35/h1-19H;1-19H;2*2-19H. The summed E-state index contributed by atoms with van der Waals surface area (Å²) in [6.07, 6.45) is 7.11. The average Bonchev–Trinajstić information content (AvgIpc) is 1.23. The molecule has 0 saturated heterocycles. The number of rotatable bonds is 16. The van der Waals surface area contributed by atoms with E-state index in [0.29, 0.717) is 65.9 Å². The van der Waals surface area contributed by atoms with E-state index < -0.39 is 0 Å². The number of anilines is 12. The van der Waals surface area contributed by atoms with E-state index in [-0.39, 0.29) is 127 Å². The summed E-state index contributed by atoms with van der Waals surface area (Å²) < 4.78 is 9.47.